The van der Waals surface area contributed by atoms with Gasteiger partial charge in [-0.05, 0) is 58.7 Å². The van der Waals surface area contributed by atoms with Gasteiger partial charge in [0.2, 0.25) is 0 Å². The van der Waals surface area contributed by atoms with Gasteiger partial charge in [-0.25, -0.2) is 10.2 Å². The standard InChI is InChI=1S/C23H26BrN3O8/c1-5-34-21(29)13-35-22-16(24)8-14(9-19(22)33-4)11-26-27-20(28)12-25-23(30)15-6-7-17(31-2)18(10-15)32-3/h6-11H,5,12-13H2,1-4H3,(H,25,30)(H,27,28). The fourth-order valence-electron chi connectivity index (χ4n) is 2.75. The topological polar surface area (TPSA) is 134 Å². The van der Waals surface area contributed by atoms with Crippen molar-refractivity contribution in [1.82, 2.24) is 10.7 Å². The second-order valence-corrected chi connectivity index (χ2v) is 7.53. The van der Waals surface area contributed by atoms with E-state index in [-0.39, 0.29) is 19.8 Å². The number of rotatable bonds is 12. The lowest BCUT2D eigenvalue weighted by atomic mass is 10.2. The van der Waals surface area contributed by atoms with E-state index in [9.17, 15) is 14.4 Å². The summed E-state index contributed by atoms with van der Waals surface area (Å²) in [5, 5.41) is 6.38. The van der Waals surface area contributed by atoms with Gasteiger partial charge in [-0.15, -0.1) is 0 Å². The van der Waals surface area contributed by atoms with Gasteiger partial charge in [-0.3, -0.25) is 9.59 Å². The summed E-state index contributed by atoms with van der Waals surface area (Å²) in [4.78, 5) is 35.9. The van der Waals surface area contributed by atoms with Crippen LogP contribution in [0.2, 0.25) is 0 Å². The van der Waals surface area contributed by atoms with Crippen molar-refractivity contribution in [2.75, 3.05) is 41.1 Å². The Balaban J connectivity index is 1.93. The Kier molecular flexibility index (Phi) is 10.8. The number of halogens is 1. The third-order valence-corrected chi connectivity index (χ3v) is 4.94. The predicted molar refractivity (Wildman–Crippen MR) is 130 cm³/mol. The van der Waals surface area contributed by atoms with Crippen LogP contribution in [0.25, 0.3) is 0 Å². The molecule has 2 amide bonds. The third kappa shape index (κ3) is 8.18. The van der Waals surface area contributed by atoms with E-state index in [1.54, 1.807) is 31.2 Å². The summed E-state index contributed by atoms with van der Waals surface area (Å²) in [6.45, 7) is 1.38. The fourth-order valence-corrected chi connectivity index (χ4v) is 3.32. The summed E-state index contributed by atoms with van der Waals surface area (Å²) in [7, 11) is 4.40. The van der Waals surface area contributed by atoms with Gasteiger partial charge in [0, 0.05) is 5.56 Å². The van der Waals surface area contributed by atoms with Crippen molar-refractivity contribution in [3.8, 4) is 23.0 Å². The first-order valence-corrected chi connectivity index (χ1v) is 11.1. The van der Waals surface area contributed by atoms with Gasteiger partial charge in [0.25, 0.3) is 11.8 Å². The summed E-state index contributed by atoms with van der Waals surface area (Å²) in [6.07, 6.45) is 1.39. The number of benzene rings is 2. The molecule has 2 aromatic rings. The van der Waals surface area contributed by atoms with Crippen molar-refractivity contribution in [1.29, 1.82) is 0 Å². The Morgan fingerprint density at radius 2 is 1.71 bits per heavy atom. The van der Waals surface area contributed by atoms with E-state index in [4.69, 9.17) is 23.7 Å². The Morgan fingerprint density at radius 3 is 2.37 bits per heavy atom. The number of methoxy groups -OCH3 is 3. The molecule has 0 aliphatic carbocycles. The van der Waals surface area contributed by atoms with Crippen LogP contribution in [0.15, 0.2) is 39.9 Å². The maximum Gasteiger partial charge on any atom is 0.344 e. The average molecular weight is 552 g/mol. The van der Waals surface area contributed by atoms with Crippen LogP contribution < -0.4 is 29.7 Å². The van der Waals surface area contributed by atoms with Crippen LogP contribution in [-0.2, 0) is 14.3 Å². The lowest BCUT2D eigenvalue weighted by molar-refractivity contribution is -0.145. The minimum Gasteiger partial charge on any atom is -0.493 e. The molecule has 35 heavy (non-hydrogen) atoms. The molecule has 0 atom stereocenters. The van der Waals surface area contributed by atoms with E-state index >= 15 is 0 Å². The minimum atomic E-state index is -0.532. The molecular formula is C23H26BrN3O8. The molecule has 11 nitrogen and oxygen atoms in total. The highest BCUT2D eigenvalue weighted by Gasteiger charge is 2.14. The van der Waals surface area contributed by atoms with Crippen molar-refractivity contribution in [3.63, 3.8) is 0 Å². The summed E-state index contributed by atoms with van der Waals surface area (Å²) < 4.78 is 26.4. The van der Waals surface area contributed by atoms with Crippen LogP contribution in [0, 0.1) is 0 Å². The fraction of sp³-hybridized carbons (Fsp3) is 0.304. The van der Waals surface area contributed by atoms with Crippen LogP contribution >= 0.6 is 15.9 Å². The molecule has 2 aromatic carbocycles. The zero-order chi connectivity index (χ0) is 25.8. The highest BCUT2D eigenvalue weighted by atomic mass is 79.9. The molecule has 0 fully saturated rings. The molecule has 0 bridgehead atoms. The maximum atomic E-state index is 12.3. The Labute approximate surface area is 210 Å². The van der Waals surface area contributed by atoms with Gasteiger partial charge in [0.15, 0.2) is 29.6 Å². The molecule has 0 heterocycles. The summed E-state index contributed by atoms with van der Waals surface area (Å²) in [5.74, 6) is 0.0463. The van der Waals surface area contributed by atoms with Gasteiger partial charge in [0.1, 0.15) is 0 Å². The van der Waals surface area contributed by atoms with E-state index in [2.05, 4.69) is 31.8 Å². The van der Waals surface area contributed by atoms with Gasteiger partial charge in [0.05, 0.1) is 45.2 Å². The molecule has 0 aromatic heterocycles. The molecule has 0 spiro atoms. The minimum absolute atomic E-state index is 0.252. The predicted octanol–water partition coefficient (Wildman–Crippen LogP) is 2.30. The van der Waals surface area contributed by atoms with Crippen molar-refractivity contribution < 1.29 is 38.1 Å². The van der Waals surface area contributed by atoms with E-state index in [0.717, 1.165) is 0 Å². The molecule has 12 heteroatoms. The second-order valence-electron chi connectivity index (χ2n) is 6.67. The number of hydrazone groups is 1. The summed E-state index contributed by atoms with van der Waals surface area (Å²) in [6, 6.07) is 7.93. The number of amides is 2. The molecule has 2 N–H and O–H groups in total. The number of carbonyl (C=O) groups excluding carboxylic acids is 3. The molecule has 2 rings (SSSR count). The Morgan fingerprint density at radius 1 is 1.00 bits per heavy atom. The number of hydrogen-bond donors (Lipinski definition) is 2. The highest BCUT2D eigenvalue weighted by Crippen LogP contribution is 2.36. The number of esters is 1. The van der Waals surface area contributed by atoms with E-state index in [1.807, 2.05) is 0 Å². The van der Waals surface area contributed by atoms with E-state index < -0.39 is 17.8 Å². The Hall–Kier alpha value is -3.80. The SMILES string of the molecule is CCOC(=O)COc1c(Br)cc(C=NNC(=O)CNC(=O)c2ccc(OC)c(OC)c2)cc1OC. The van der Waals surface area contributed by atoms with Crippen LogP contribution in [0.4, 0.5) is 0 Å². The molecule has 0 saturated carbocycles. The summed E-state index contributed by atoms with van der Waals surface area (Å²) in [5.41, 5.74) is 3.21. The molecule has 0 radical (unpaired) electrons. The number of ether oxygens (including phenoxy) is 5. The average Bonchev–Trinajstić information content (AvgIpc) is 2.85. The van der Waals surface area contributed by atoms with Gasteiger partial charge in [-0.2, -0.15) is 5.10 Å². The molecule has 0 aliphatic rings. The molecule has 0 saturated heterocycles. The number of carbonyl (C=O) groups is 3. The first-order chi connectivity index (χ1) is 16.8. The van der Waals surface area contributed by atoms with Crippen molar-refractivity contribution >= 4 is 39.9 Å². The summed E-state index contributed by atoms with van der Waals surface area (Å²) >= 11 is 3.36. The van der Waals surface area contributed by atoms with Crippen molar-refractivity contribution in [2.24, 2.45) is 5.10 Å². The van der Waals surface area contributed by atoms with Crippen LogP contribution in [-0.4, -0.2) is 65.1 Å². The second kappa shape index (κ2) is 13.8. The van der Waals surface area contributed by atoms with Gasteiger partial charge >= 0.3 is 5.97 Å². The van der Waals surface area contributed by atoms with Crippen LogP contribution in [0.1, 0.15) is 22.8 Å². The maximum absolute atomic E-state index is 12.3. The Bertz CT molecular complexity index is 1090. The van der Waals surface area contributed by atoms with E-state index in [1.165, 1.54) is 33.6 Å². The van der Waals surface area contributed by atoms with Crippen LogP contribution in [0.5, 0.6) is 23.0 Å². The lowest BCUT2D eigenvalue weighted by Crippen LogP contribution is -2.34. The van der Waals surface area contributed by atoms with Crippen LogP contribution in [0.3, 0.4) is 0 Å². The molecule has 0 aliphatic heterocycles. The molecular weight excluding hydrogens is 526 g/mol. The zero-order valence-corrected chi connectivity index (χ0v) is 21.3. The largest absolute Gasteiger partial charge is 0.493 e. The van der Waals surface area contributed by atoms with E-state index in [0.29, 0.717) is 38.6 Å². The van der Waals surface area contributed by atoms with Gasteiger partial charge in [-0.1, -0.05) is 0 Å². The molecule has 0 unspecified atom stereocenters. The number of hydrogen-bond acceptors (Lipinski definition) is 9. The zero-order valence-electron chi connectivity index (χ0n) is 19.7. The van der Waals surface area contributed by atoms with Crippen molar-refractivity contribution in [2.45, 2.75) is 6.92 Å². The first kappa shape index (κ1) is 27.4. The number of nitrogens with one attached hydrogen (secondary N) is 2. The quantitative estimate of drug-likeness (QED) is 0.233. The third-order valence-electron chi connectivity index (χ3n) is 4.35. The lowest BCUT2D eigenvalue weighted by Gasteiger charge is -2.13. The number of nitrogens with zero attached hydrogens (tertiary/aromatic N) is 1. The monoisotopic (exact) mass is 551 g/mol. The molecule has 188 valence electrons. The van der Waals surface area contributed by atoms with Crippen molar-refractivity contribution in [3.05, 3.63) is 45.9 Å². The van der Waals surface area contributed by atoms with Gasteiger partial charge < -0.3 is 29.0 Å². The first-order valence-electron chi connectivity index (χ1n) is 10.3. The normalized spacial score (nSPS) is 10.4. The highest BCUT2D eigenvalue weighted by molar-refractivity contribution is 9.10. The smallest absolute Gasteiger partial charge is 0.344 e.